The van der Waals surface area contributed by atoms with E-state index in [-0.39, 0.29) is 5.82 Å². The maximum absolute atomic E-state index is 13.5. The average molecular weight is 484 g/mol. The summed E-state index contributed by atoms with van der Waals surface area (Å²) in [4.78, 5) is 21.6. The Balaban J connectivity index is 1.46. The van der Waals surface area contributed by atoms with Crippen LogP contribution in [-0.2, 0) is 4.74 Å². The zero-order chi connectivity index (χ0) is 23.8. The zero-order valence-corrected chi connectivity index (χ0v) is 20.3. The van der Waals surface area contributed by atoms with Gasteiger partial charge in [0.1, 0.15) is 5.82 Å². The minimum Gasteiger partial charge on any atom is -0.379 e. The molecule has 1 aliphatic rings. The Bertz CT molecular complexity index is 1100. The molecule has 0 aliphatic carbocycles. The molecule has 0 spiro atoms. The Labute approximate surface area is 203 Å². The lowest BCUT2D eigenvalue weighted by atomic mass is 10.2. The lowest BCUT2D eigenvalue weighted by Gasteiger charge is -2.26. The highest BCUT2D eigenvalue weighted by atomic mass is 32.1. The average Bonchev–Trinajstić information content (AvgIpc) is 3.30. The first-order valence-electron chi connectivity index (χ1n) is 11.5. The van der Waals surface area contributed by atoms with Crippen LogP contribution >= 0.6 is 11.3 Å². The van der Waals surface area contributed by atoms with Crippen LogP contribution in [0, 0.1) is 5.82 Å². The molecular formula is C24H30FN7OS. The normalized spacial score (nSPS) is 14.7. The highest BCUT2D eigenvalue weighted by Gasteiger charge is 2.11. The lowest BCUT2D eigenvalue weighted by molar-refractivity contribution is 0.0378. The first kappa shape index (κ1) is 24.2. The van der Waals surface area contributed by atoms with Crippen molar-refractivity contribution in [2.75, 3.05) is 50.0 Å². The van der Waals surface area contributed by atoms with Gasteiger partial charge < -0.3 is 10.1 Å². The molecule has 3 heterocycles. The molecule has 2 aromatic heterocycles. The molecule has 0 amide bonds. The van der Waals surface area contributed by atoms with E-state index < -0.39 is 0 Å². The molecule has 1 aliphatic heterocycles. The second-order valence-electron chi connectivity index (χ2n) is 8.31. The van der Waals surface area contributed by atoms with E-state index in [1.165, 1.54) is 17.0 Å². The predicted molar refractivity (Wildman–Crippen MR) is 135 cm³/mol. The molecule has 0 bridgehead atoms. The van der Waals surface area contributed by atoms with Crippen molar-refractivity contribution in [3.8, 4) is 0 Å². The van der Waals surface area contributed by atoms with Crippen LogP contribution in [0.15, 0.2) is 30.5 Å². The molecule has 1 aromatic carbocycles. The Morgan fingerprint density at radius 3 is 2.74 bits per heavy atom. The van der Waals surface area contributed by atoms with E-state index in [0.717, 1.165) is 56.5 Å². The monoisotopic (exact) mass is 483 g/mol. The summed E-state index contributed by atoms with van der Waals surface area (Å²) in [7, 11) is 0. The number of morpholine rings is 1. The standard InChI is InChI=1S/C24H30FN7OS/c1-17(2)20-16-27-24(34-20)31-23-29-21(8-7-18-5-3-6-19(25)15-18)28-22(30-23)26-9-4-10-32-11-13-33-14-12-32/h3,5-8,15-17H,4,9-14H2,1-2H3,(H2,26,27,28,29,30,31)/b8-7+. The number of halogens is 1. The largest absolute Gasteiger partial charge is 0.379 e. The minimum absolute atomic E-state index is 0.285. The van der Waals surface area contributed by atoms with Crippen molar-refractivity contribution in [1.29, 1.82) is 0 Å². The van der Waals surface area contributed by atoms with Crippen LogP contribution in [-0.4, -0.2) is 64.2 Å². The van der Waals surface area contributed by atoms with Gasteiger partial charge in [0, 0.05) is 30.7 Å². The summed E-state index contributed by atoms with van der Waals surface area (Å²) in [5.74, 6) is 1.48. The van der Waals surface area contributed by atoms with Gasteiger partial charge in [-0.2, -0.15) is 15.0 Å². The van der Waals surface area contributed by atoms with Gasteiger partial charge in [-0.3, -0.25) is 10.2 Å². The minimum atomic E-state index is -0.285. The molecule has 10 heteroatoms. The Morgan fingerprint density at radius 2 is 1.97 bits per heavy atom. The topological polar surface area (TPSA) is 88.1 Å². The maximum Gasteiger partial charge on any atom is 0.234 e. The Hall–Kier alpha value is -2.95. The number of aromatic nitrogens is 4. The summed E-state index contributed by atoms with van der Waals surface area (Å²) in [6.07, 6.45) is 6.37. The molecule has 34 heavy (non-hydrogen) atoms. The fourth-order valence-corrected chi connectivity index (χ4v) is 4.23. The second kappa shape index (κ2) is 12.0. The molecule has 4 rings (SSSR count). The molecule has 0 saturated carbocycles. The fourth-order valence-electron chi connectivity index (χ4n) is 3.42. The van der Waals surface area contributed by atoms with Crippen LogP contribution in [0.1, 0.15) is 42.5 Å². The van der Waals surface area contributed by atoms with E-state index in [1.54, 1.807) is 29.6 Å². The number of rotatable bonds is 10. The zero-order valence-electron chi connectivity index (χ0n) is 19.5. The smallest absolute Gasteiger partial charge is 0.234 e. The van der Waals surface area contributed by atoms with E-state index in [1.807, 2.05) is 12.3 Å². The number of anilines is 3. The number of thiazole rings is 1. The predicted octanol–water partition coefficient (Wildman–Crippen LogP) is 4.64. The molecule has 8 nitrogen and oxygen atoms in total. The molecular weight excluding hydrogens is 453 g/mol. The van der Waals surface area contributed by atoms with Crippen molar-refractivity contribution in [3.05, 3.63) is 52.5 Å². The third kappa shape index (κ3) is 7.28. The van der Waals surface area contributed by atoms with Gasteiger partial charge in [0.05, 0.1) is 13.2 Å². The maximum atomic E-state index is 13.5. The van der Waals surface area contributed by atoms with Gasteiger partial charge in [-0.1, -0.05) is 32.1 Å². The number of hydrogen-bond donors (Lipinski definition) is 2. The number of benzene rings is 1. The number of hydrogen-bond acceptors (Lipinski definition) is 9. The summed E-state index contributed by atoms with van der Waals surface area (Å²) in [6, 6.07) is 6.38. The highest BCUT2D eigenvalue weighted by Crippen LogP contribution is 2.27. The van der Waals surface area contributed by atoms with Crippen LogP contribution in [0.25, 0.3) is 12.2 Å². The van der Waals surface area contributed by atoms with Gasteiger partial charge in [0.2, 0.25) is 11.9 Å². The molecule has 3 aromatic rings. The fraction of sp³-hybridized carbons (Fsp3) is 0.417. The van der Waals surface area contributed by atoms with Crippen molar-refractivity contribution in [2.45, 2.75) is 26.2 Å². The molecule has 0 radical (unpaired) electrons. The molecule has 1 saturated heterocycles. The number of nitrogens with one attached hydrogen (secondary N) is 2. The Morgan fingerprint density at radius 1 is 1.15 bits per heavy atom. The molecule has 2 N–H and O–H groups in total. The van der Waals surface area contributed by atoms with E-state index in [0.29, 0.717) is 23.6 Å². The molecule has 0 atom stereocenters. The summed E-state index contributed by atoms with van der Waals surface area (Å²) in [5.41, 5.74) is 0.733. The summed E-state index contributed by atoms with van der Waals surface area (Å²) in [6.45, 7) is 9.54. The van der Waals surface area contributed by atoms with Gasteiger partial charge >= 0.3 is 0 Å². The summed E-state index contributed by atoms with van der Waals surface area (Å²) >= 11 is 1.58. The first-order chi connectivity index (χ1) is 16.5. The number of nitrogens with zero attached hydrogens (tertiary/aromatic N) is 5. The third-order valence-electron chi connectivity index (χ3n) is 5.28. The number of ether oxygens (including phenoxy) is 1. The van der Waals surface area contributed by atoms with Crippen molar-refractivity contribution < 1.29 is 9.13 Å². The van der Waals surface area contributed by atoms with Gasteiger partial charge in [0.15, 0.2) is 11.0 Å². The quantitative estimate of drug-likeness (QED) is 0.403. The third-order valence-corrected chi connectivity index (χ3v) is 6.49. The van der Waals surface area contributed by atoms with Crippen molar-refractivity contribution in [3.63, 3.8) is 0 Å². The SMILES string of the molecule is CC(C)c1cnc(Nc2nc(/C=C/c3cccc(F)c3)nc(NCCCN3CCOCC3)n2)s1. The van der Waals surface area contributed by atoms with Crippen LogP contribution in [0.2, 0.25) is 0 Å². The van der Waals surface area contributed by atoms with E-state index in [4.69, 9.17) is 4.74 Å². The van der Waals surface area contributed by atoms with Gasteiger partial charge in [-0.25, -0.2) is 9.37 Å². The summed E-state index contributed by atoms with van der Waals surface area (Å²) < 4.78 is 18.9. The molecule has 180 valence electrons. The van der Waals surface area contributed by atoms with Crippen LogP contribution in [0.4, 0.5) is 21.4 Å². The second-order valence-corrected chi connectivity index (χ2v) is 9.37. The van der Waals surface area contributed by atoms with Gasteiger partial charge in [-0.15, -0.1) is 11.3 Å². The van der Waals surface area contributed by atoms with E-state index >= 15 is 0 Å². The van der Waals surface area contributed by atoms with Gasteiger partial charge in [0.25, 0.3) is 0 Å². The molecule has 0 unspecified atom stereocenters. The van der Waals surface area contributed by atoms with E-state index in [9.17, 15) is 4.39 Å². The van der Waals surface area contributed by atoms with Crippen LogP contribution in [0.5, 0.6) is 0 Å². The van der Waals surface area contributed by atoms with E-state index in [2.05, 4.69) is 49.3 Å². The lowest BCUT2D eigenvalue weighted by Crippen LogP contribution is -2.37. The van der Waals surface area contributed by atoms with Crippen LogP contribution < -0.4 is 10.6 Å². The van der Waals surface area contributed by atoms with Crippen molar-refractivity contribution in [2.24, 2.45) is 0 Å². The van der Waals surface area contributed by atoms with Crippen molar-refractivity contribution in [1.82, 2.24) is 24.8 Å². The highest BCUT2D eigenvalue weighted by molar-refractivity contribution is 7.15. The Kier molecular flexibility index (Phi) is 8.51. The van der Waals surface area contributed by atoms with Crippen molar-refractivity contribution >= 4 is 40.5 Å². The van der Waals surface area contributed by atoms with Crippen LogP contribution in [0.3, 0.4) is 0 Å². The van der Waals surface area contributed by atoms with Gasteiger partial charge in [-0.05, 0) is 42.7 Å². The first-order valence-corrected chi connectivity index (χ1v) is 12.3. The summed E-state index contributed by atoms with van der Waals surface area (Å²) in [5, 5.41) is 7.24. The molecule has 1 fully saturated rings.